The zero-order chi connectivity index (χ0) is 26.6. The van der Waals surface area contributed by atoms with Gasteiger partial charge in [0, 0.05) is 12.2 Å². The molecule has 1 saturated heterocycles. The molecule has 2 aliphatic heterocycles. The molecule has 0 atom stereocenters. The van der Waals surface area contributed by atoms with Crippen LogP contribution < -0.4 is 15.0 Å². The van der Waals surface area contributed by atoms with Crippen molar-refractivity contribution >= 4 is 29.2 Å². The van der Waals surface area contributed by atoms with Crippen molar-refractivity contribution in [3.63, 3.8) is 0 Å². The van der Waals surface area contributed by atoms with E-state index in [0.717, 1.165) is 54.3 Å². The third-order valence-corrected chi connectivity index (χ3v) is 6.58. The van der Waals surface area contributed by atoms with Crippen LogP contribution >= 0.6 is 0 Å². The summed E-state index contributed by atoms with van der Waals surface area (Å²) in [6.07, 6.45) is -2.06. The van der Waals surface area contributed by atoms with E-state index in [-0.39, 0.29) is 29.9 Å². The molecule has 0 bridgehead atoms. The largest absolute Gasteiger partial charge is 0.494 e. The summed E-state index contributed by atoms with van der Waals surface area (Å²) < 4.78 is 46.0. The molecule has 0 aromatic heterocycles. The maximum atomic E-state index is 13.4. The van der Waals surface area contributed by atoms with Crippen molar-refractivity contribution < 1.29 is 37.4 Å². The van der Waals surface area contributed by atoms with E-state index in [1.807, 2.05) is 0 Å². The molecule has 0 saturated carbocycles. The van der Waals surface area contributed by atoms with Crippen LogP contribution in [-0.4, -0.2) is 60.6 Å². The lowest BCUT2D eigenvalue weighted by molar-refractivity contribution is -0.138. The molecule has 2 heterocycles. The van der Waals surface area contributed by atoms with Crippen LogP contribution in [0.4, 0.5) is 24.5 Å². The smallest absolute Gasteiger partial charge is 0.416 e. The van der Waals surface area contributed by atoms with Crippen molar-refractivity contribution in [1.82, 2.24) is 10.2 Å². The first-order valence-corrected chi connectivity index (χ1v) is 12.1. The molecule has 0 unspecified atom stereocenters. The predicted molar refractivity (Wildman–Crippen MR) is 129 cm³/mol. The van der Waals surface area contributed by atoms with E-state index in [0.29, 0.717) is 18.3 Å². The predicted octanol–water partition coefficient (Wildman–Crippen LogP) is 4.07. The molecular weight excluding hydrogens is 491 g/mol. The molecule has 2 amide bonds. The number of fused-ring (bicyclic) bond motifs is 1. The summed E-state index contributed by atoms with van der Waals surface area (Å²) in [5.41, 5.74) is -0.824. The second kappa shape index (κ2) is 11.2. The second-order valence-corrected chi connectivity index (χ2v) is 9.16. The number of halogens is 3. The van der Waals surface area contributed by atoms with Gasteiger partial charge in [0.1, 0.15) is 12.3 Å². The van der Waals surface area contributed by atoms with Gasteiger partial charge < -0.3 is 20.1 Å². The minimum absolute atomic E-state index is 0.0477. The number of carboxylic acids is 1. The van der Waals surface area contributed by atoms with Gasteiger partial charge in [0.15, 0.2) is 0 Å². The molecule has 8 nitrogen and oxygen atoms in total. The van der Waals surface area contributed by atoms with Gasteiger partial charge in [-0.05, 0) is 74.7 Å². The lowest BCUT2D eigenvalue weighted by atomic mass is 9.95. The summed E-state index contributed by atoms with van der Waals surface area (Å²) in [7, 11) is 0. The molecule has 0 aliphatic carbocycles. The van der Waals surface area contributed by atoms with Crippen LogP contribution in [0.25, 0.3) is 0 Å². The number of aliphatic carboxylic acids is 1. The van der Waals surface area contributed by atoms with Gasteiger partial charge >= 0.3 is 12.1 Å². The number of nitrogens with one attached hydrogen (secondary N) is 1. The summed E-state index contributed by atoms with van der Waals surface area (Å²) in [5.74, 6) is -1.48. The Hall–Kier alpha value is -3.60. The Morgan fingerprint density at radius 3 is 2.57 bits per heavy atom. The Kier molecular flexibility index (Phi) is 8.01. The van der Waals surface area contributed by atoms with E-state index in [1.54, 1.807) is 6.07 Å². The zero-order valence-corrected chi connectivity index (χ0v) is 20.1. The molecule has 0 spiro atoms. The van der Waals surface area contributed by atoms with Gasteiger partial charge in [-0.1, -0.05) is 6.07 Å². The molecule has 11 heteroatoms. The van der Waals surface area contributed by atoms with Crippen molar-refractivity contribution in [2.75, 3.05) is 37.7 Å². The fourth-order valence-electron chi connectivity index (χ4n) is 4.61. The minimum atomic E-state index is -4.62. The standard InChI is InChI=1S/C26H28F3N3O5/c27-26(28,29)18-2-1-3-19(14-18)32-22-5-4-20(37-13-9-17-6-10-30-11-7-17)15-21(22)25(36)31(16-23(32)33)12-8-24(34)35/h1-5,14-15,17,30H,6-13,16H2,(H,34,35). The molecule has 2 aromatic rings. The van der Waals surface area contributed by atoms with Crippen LogP contribution in [0.1, 0.15) is 41.6 Å². The van der Waals surface area contributed by atoms with E-state index in [4.69, 9.17) is 9.84 Å². The number of hydrogen-bond acceptors (Lipinski definition) is 5. The number of carboxylic acid groups (broad SMARTS) is 1. The molecule has 198 valence electrons. The number of amides is 2. The molecular formula is C26H28F3N3O5. The first-order valence-electron chi connectivity index (χ1n) is 12.1. The number of benzene rings is 2. The minimum Gasteiger partial charge on any atom is -0.494 e. The van der Waals surface area contributed by atoms with Gasteiger partial charge in [-0.25, -0.2) is 0 Å². The number of ether oxygens (including phenoxy) is 1. The van der Waals surface area contributed by atoms with Crippen LogP contribution in [0.2, 0.25) is 0 Å². The SMILES string of the molecule is O=C(O)CCN1CC(=O)N(c2cccc(C(F)(F)F)c2)c2ccc(OCCC3CCNCC3)cc2C1=O. The number of carbonyl (C=O) groups excluding carboxylic acids is 2. The fraction of sp³-hybridized carbons (Fsp3) is 0.423. The maximum absolute atomic E-state index is 13.4. The quantitative estimate of drug-likeness (QED) is 0.546. The van der Waals surface area contributed by atoms with Gasteiger partial charge in [0.2, 0.25) is 0 Å². The van der Waals surface area contributed by atoms with E-state index < -0.39 is 36.1 Å². The first kappa shape index (κ1) is 26.5. The van der Waals surface area contributed by atoms with Crippen molar-refractivity contribution in [3.8, 4) is 5.75 Å². The summed E-state index contributed by atoms with van der Waals surface area (Å²) >= 11 is 0. The number of anilines is 2. The van der Waals surface area contributed by atoms with Crippen LogP contribution in [0, 0.1) is 5.92 Å². The van der Waals surface area contributed by atoms with Crippen LogP contribution in [-0.2, 0) is 15.8 Å². The number of hydrogen-bond donors (Lipinski definition) is 2. The van der Waals surface area contributed by atoms with Crippen molar-refractivity contribution in [3.05, 3.63) is 53.6 Å². The van der Waals surface area contributed by atoms with E-state index in [9.17, 15) is 27.6 Å². The van der Waals surface area contributed by atoms with E-state index in [2.05, 4.69) is 5.32 Å². The number of piperidine rings is 1. The monoisotopic (exact) mass is 519 g/mol. The third kappa shape index (κ3) is 6.40. The average molecular weight is 520 g/mol. The van der Waals surface area contributed by atoms with Gasteiger partial charge in [0.05, 0.1) is 29.8 Å². The van der Waals surface area contributed by atoms with Gasteiger partial charge in [0.25, 0.3) is 11.8 Å². The highest BCUT2D eigenvalue weighted by Crippen LogP contribution is 2.37. The Balaban J connectivity index is 1.66. The van der Waals surface area contributed by atoms with Crippen LogP contribution in [0.5, 0.6) is 5.75 Å². The summed E-state index contributed by atoms with van der Waals surface area (Å²) in [6.45, 7) is 1.64. The Morgan fingerprint density at radius 1 is 1.11 bits per heavy atom. The summed E-state index contributed by atoms with van der Waals surface area (Å²) in [6, 6.07) is 8.82. The number of nitrogens with zero attached hydrogens (tertiary/aromatic N) is 2. The van der Waals surface area contributed by atoms with E-state index in [1.165, 1.54) is 24.3 Å². The number of alkyl halides is 3. The molecule has 2 aliphatic rings. The Bertz CT molecular complexity index is 1160. The number of rotatable bonds is 8. The van der Waals surface area contributed by atoms with Crippen molar-refractivity contribution in [2.24, 2.45) is 5.92 Å². The highest BCUT2D eigenvalue weighted by atomic mass is 19.4. The van der Waals surface area contributed by atoms with Gasteiger partial charge in [-0.3, -0.25) is 19.3 Å². The summed E-state index contributed by atoms with van der Waals surface area (Å²) in [4.78, 5) is 39.9. The topological polar surface area (TPSA) is 99.2 Å². The van der Waals surface area contributed by atoms with E-state index >= 15 is 0 Å². The van der Waals surface area contributed by atoms with Gasteiger partial charge in [-0.2, -0.15) is 13.2 Å². The van der Waals surface area contributed by atoms with Crippen molar-refractivity contribution in [1.29, 1.82) is 0 Å². The van der Waals surface area contributed by atoms with Crippen LogP contribution in [0.3, 0.4) is 0 Å². The van der Waals surface area contributed by atoms with Gasteiger partial charge in [-0.15, -0.1) is 0 Å². The number of carbonyl (C=O) groups is 3. The normalized spacial score (nSPS) is 16.9. The van der Waals surface area contributed by atoms with Crippen molar-refractivity contribution in [2.45, 2.75) is 31.9 Å². The second-order valence-electron chi connectivity index (χ2n) is 9.16. The molecule has 37 heavy (non-hydrogen) atoms. The first-order chi connectivity index (χ1) is 17.6. The lowest BCUT2D eigenvalue weighted by Gasteiger charge is -2.24. The fourth-order valence-corrected chi connectivity index (χ4v) is 4.61. The molecule has 1 fully saturated rings. The Morgan fingerprint density at radius 2 is 1.86 bits per heavy atom. The third-order valence-electron chi connectivity index (χ3n) is 6.58. The zero-order valence-electron chi connectivity index (χ0n) is 20.1. The summed E-state index contributed by atoms with van der Waals surface area (Å²) in [5, 5.41) is 12.4. The Labute approximate surface area is 212 Å². The highest BCUT2D eigenvalue weighted by molar-refractivity contribution is 6.13. The maximum Gasteiger partial charge on any atom is 0.416 e. The molecule has 0 radical (unpaired) electrons. The lowest BCUT2D eigenvalue weighted by Crippen LogP contribution is -2.38. The highest BCUT2D eigenvalue weighted by Gasteiger charge is 2.35. The molecule has 2 aromatic carbocycles. The average Bonchev–Trinajstić information content (AvgIpc) is 2.97. The molecule has 4 rings (SSSR count). The molecule has 2 N–H and O–H groups in total. The van der Waals surface area contributed by atoms with Crippen LogP contribution in [0.15, 0.2) is 42.5 Å².